The lowest BCUT2D eigenvalue weighted by Gasteiger charge is -2.16. The molecule has 0 aliphatic carbocycles. The van der Waals surface area contributed by atoms with Crippen LogP contribution in [0, 0.1) is 5.92 Å². The van der Waals surface area contributed by atoms with Crippen LogP contribution in [0.5, 0.6) is 0 Å². The number of likely N-dealkylation sites (tertiary alicyclic amines) is 1. The van der Waals surface area contributed by atoms with E-state index in [1.54, 1.807) is 0 Å². The van der Waals surface area contributed by atoms with E-state index in [0.29, 0.717) is 19.0 Å². The van der Waals surface area contributed by atoms with Gasteiger partial charge in [-0.1, -0.05) is 0 Å². The van der Waals surface area contributed by atoms with Crippen LogP contribution in [-0.2, 0) is 23.0 Å². The minimum absolute atomic E-state index is 0.123. The van der Waals surface area contributed by atoms with Gasteiger partial charge in [0.2, 0.25) is 5.91 Å². The average Bonchev–Trinajstić information content (AvgIpc) is 3.20. The van der Waals surface area contributed by atoms with Gasteiger partial charge in [0.25, 0.3) is 0 Å². The summed E-state index contributed by atoms with van der Waals surface area (Å²) in [5, 5.41) is 7.22. The Morgan fingerprint density at radius 1 is 1.50 bits per heavy atom. The minimum Gasteiger partial charge on any atom is -0.376 e. The molecule has 3 heterocycles. The van der Waals surface area contributed by atoms with Crippen LogP contribution in [-0.4, -0.2) is 59.5 Å². The van der Waals surface area contributed by atoms with Gasteiger partial charge in [-0.3, -0.25) is 14.4 Å². The quantitative estimate of drug-likeness (QED) is 0.835. The van der Waals surface area contributed by atoms with Crippen molar-refractivity contribution in [3.8, 4) is 0 Å². The van der Waals surface area contributed by atoms with Crippen molar-refractivity contribution in [1.29, 1.82) is 0 Å². The molecule has 1 amide bonds. The van der Waals surface area contributed by atoms with Gasteiger partial charge in [0.1, 0.15) is 0 Å². The van der Waals surface area contributed by atoms with E-state index in [1.807, 2.05) is 17.9 Å². The number of rotatable bonds is 6. The number of aryl methyl sites for hydroxylation is 1. The fourth-order valence-corrected chi connectivity index (χ4v) is 3.43. The maximum atomic E-state index is 12.0. The summed E-state index contributed by atoms with van der Waals surface area (Å²) in [6.07, 6.45) is 8.64. The highest BCUT2D eigenvalue weighted by Crippen LogP contribution is 2.20. The zero-order chi connectivity index (χ0) is 15.4. The summed E-state index contributed by atoms with van der Waals surface area (Å²) in [5.41, 5.74) is 1.29. The standard InChI is InChI=1S/C16H26N4O2/c1-19-10-14(8-18-19)7-13-4-5-20(11-13)12-16(21)17-9-15-3-2-6-22-15/h8,10,13,15H,2-7,9,11-12H2,1H3,(H,17,21)/t13-,15+/m0/s1. The second-order valence-electron chi connectivity index (χ2n) is 6.56. The number of carbonyl (C=O) groups excluding carboxylic acids is 1. The molecule has 3 rings (SSSR count). The third-order valence-electron chi connectivity index (χ3n) is 4.57. The molecule has 2 aliphatic heterocycles. The lowest BCUT2D eigenvalue weighted by Crippen LogP contribution is -2.39. The molecule has 1 N–H and O–H groups in total. The second-order valence-corrected chi connectivity index (χ2v) is 6.56. The number of amides is 1. The van der Waals surface area contributed by atoms with Crippen molar-refractivity contribution < 1.29 is 9.53 Å². The van der Waals surface area contributed by atoms with Gasteiger partial charge in [0.05, 0.1) is 18.8 Å². The second kappa shape index (κ2) is 7.24. The Hall–Kier alpha value is -1.40. The van der Waals surface area contributed by atoms with Crippen LogP contribution in [0.2, 0.25) is 0 Å². The molecule has 0 spiro atoms. The van der Waals surface area contributed by atoms with Crippen LogP contribution in [0.25, 0.3) is 0 Å². The largest absolute Gasteiger partial charge is 0.376 e. The first-order valence-corrected chi connectivity index (χ1v) is 8.27. The Balaban J connectivity index is 1.36. The summed E-state index contributed by atoms with van der Waals surface area (Å²) in [6.45, 7) is 4.02. The van der Waals surface area contributed by atoms with Gasteiger partial charge < -0.3 is 10.1 Å². The number of carbonyl (C=O) groups is 1. The molecule has 0 radical (unpaired) electrons. The number of hydrogen-bond donors (Lipinski definition) is 1. The van der Waals surface area contributed by atoms with E-state index in [0.717, 1.165) is 45.4 Å². The third kappa shape index (κ3) is 4.30. The van der Waals surface area contributed by atoms with Crippen LogP contribution < -0.4 is 5.32 Å². The Kier molecular flexibility index (Phi) is 5.10. The van der Waals surface area contributed by atoms with E-state index in [1.165, 1.54) is 5.56 Å². The van der Waals surface area contributed by atoms with Crippen molar-refractivity contribution in [1.82, 2.24) is 20.0 Å². The van der Waals surface area contributed by atoms with Crippen molar-refractivity contribution in [2.45, 2.75) is 31.8 Å². The molecule has 6 heteroatoms. The molecule has 2 saturated heterocycles. The highest BCUT2D eigenvalue weighted by atomic mass is 16.5. The maximum Gasteiger partial charge on any atom is 0.234 e. The average molecular weight is 306 g/mol. The monoisotopic (exact) mass is 306 g/mol. The summed E-state index contributed by atoms with van der Waals surface area (Å²) >= 11 is 0. The molecule has 0 aromatic carbocycles. The molecule has 22 heavy (non-hydrogen) atoms. The lowest BCUT2D eigenvalue weighted by atomic mass is 10.0. The number of aromatic nitrogens is 2. The summed E-state index contributed by atoms with van der Waals surface area (Å²) < 4.78 is 7.37. The Bertz CT molecular complexity index is 496. The van der Waals surface area contributed by atoms with Gasteiger partial charge in [-0.25, -0.2) is 0 Å². The number of hydrogen-bond acceptors (Lipinski definition) is 4. The van der Waals surface area contributed by atoms with Crippen LogP contribution in [0.3, 0.4) is 0 Å². The smallest absolute Gasteiger partial charge is 0.234 e. The van der Waals surface area contributed by atoms with Gasteiger partial charge in [-0.15, -0.1) is 0 Å². The normalized spacial score (nSPS) is 25.7. The number of nitrogens with zero attached hydrogens (tertiary/aromatic N) is 3. The molecule has 0 saturated carbocycles. The van der Waals surface area contributed by atoms with E-state index < -0.39 is 0 Å². The highest BCUT2D eigenvalue weighted by Gasteiger charge is 2.25. The molecular weight excluding hydrogens is 280 g/mol. The third-order valence-corrected chi connectivity index (χ3v) is 4.57. The van der Waals surface area contributed by atoms with Crippen molar-refractivity contribution in [3.05, 3.63) is 18.0 Å². The van der Waals surface area contributed by atoms with E-state index in [9.17, 15) is 4.79 Å². The summed E-state index contributed by atoms with van der Waals surface area (Å²) in [6, 6.07) is 0. The Morgan fingerprint density at radius 3 is 3.14 bits per heavy atom. The molecule has 1 aromatic heterocycles. The van der Waals surface area contributed by atoms with Crippen LogP contribution in [0.15, 0.2) is 12.4 Å². The molecule has 2 atom stereocenters. The fourth-order valence-electron chi connectivity index (χ4n) is 3.43. The van der Waals surface area contributed by atoms with Gasteiger partial charge in [0.15, 0.2) is 0 Å². The Morgan fingerprint density at radius 2 is 2.41 bits per heavy atom. The number of ether oxygens (including phenoxy) is 1. The summed E-state index contributed by atoms with van der Waals surface area (Å²) in [5.74, 6) is 0.757. The van der Waals surface area contributed by atoms with Crippen LogP contribution in [0.4, 0.5) is 0 Å². The van der Waals surface area contributed by atoms with E-state index >= 15 is 0 Å². The van der Waals surface area contributed by atoms with E-state index in [4.69, 9.17) is 4.74 Å². The molecule has 0 unspecified atom stereocenters. The first-order valence-electron chi connectivity index (χ1n) is 8.27. The molecule has 2 aliphatic rings. The number of nitrogens with one attached hydrogen (secondary N) is 1. The zero-order valence-electron chi connectivity index (χ0n) is 13.3. The predicted octanol–water partition coefficient (Wildman–Crippen LogP) is 0.580. The van der Waals surface area contributed by atoms with Gasteiger partial charge in [0, 0.05) is 32.9 Å². The summed E-state index contributed by atoms with van der Waals surface area (Å²) in [4.78, 5) is 14.3. The molecule has 122 valence electrons. The van der Waals surface area contributed by atoms with Crippen LogP contribution >= 0.6 is 0 Å². The summed E-state index contributed by atoms with van der Waals surface area (Å²) in [7, 11) is 1.95. The lowest BCUT2D eigenvalue weighted by molar-refractivity contribution is -0.122. The van der Waals surface area contributed by atoms with Crippen molar-refractivity contribution >= 4 is 5.91 Å². The van der Waals surface area contributed by atoms with Crippen molar-refractivity contribution in [2.75, 3.05) is 32.8 Å². The van der Waals surface area contributed by atoms with Crippen LogP contribution in [0.1, 0.15) is 24.8 Å². The SMILES string of the molecule is Cn1cc(C[C@@H]2CCN(CC(=O)NC[C@H]3CCCO3)C2)cn1. The zero-order valence-corrected chi connectivity index (χ0v) is 13.3. The van der Waals surface area contributed by atoms with Gasteiger partial charge >= 0.3 is 0 Å². The molecular formula is C16H26N4O2. The van der Waals surface area contributed by atoms with Gasteiger partial charge in [-0.2, -0.15) is 5.10 Å². The van der Waals surface area contributed by atoms with Gasteiger partial charge in [-0.05, 0) is 43.7 Å². The van der Waals surface area contributed by atoms with Crippen molar-refractivity contribution in [3.63, 3.8) is 0 Å². The maximum absolute atomic E-state index is 12.0. The van der Waals surface area contributed by atoms with Crippen molar-refractivity contribution in [2.24, 2.45) is 13.0 Å². The Labute approximate surface area is 131 Å². The van der Waals surface area contributed by atoms with E-state index in [-0.39, 0.29) is 12.0 Å². The molecule has 1 aromatic rings. The first kappa shape index (κ1) is 15.5. The molecule has 2 fully saturated rings. The minimum atomic E-state index is 0.123. The molecule has 6 nitrogen and oxygen atoms in total. The molecule has 0 bridgehead atoms. The predicted molar refractivity (Wildman–Crippen MR) is 83.4 cm³/mol. The fraction of sp³-hybridized carbons (Fsp3) is 0.750. The first-order chi connectivity index (χ1) is 10.7. The van der Waals surface area contributed by atoms with E-state index in [2.05, 4.69) is 21.5 Å². The highest BCUT2D eigenvalue weighted by molar-refractivity contribution is 5.78. The topological polar surface area (TPSA) is 59.4 Å².